The molecule has 0 aliphatic carbocycles. The van der Waals surface area contributed by atoms with Crippen molar-refractivity contribution in [2.75, 3.05) is 36.5 Å². The van der Waals surface area contributed by atoms with Crippen LogP contribution in [0.2, 0.25) is 0 Å². The topological polar surface area (TPSA) is 110 Å². The molecule has 1 N–H and O–H groups in total. The number of benzene rings is 1. The van der Waals surface area contributed by atoms with Gasteiger partial charge in [-0.25, -0.2) is 8.42 Å². The van der Waals surface area contributed by atoms with Crippen LogP contribution in [0.4, 0.5) is 11.4 Å². The molecule has 9 heteroatoms. The predicted octanol–water partition coefficient (Wildman–Crippen LogP) is 0.189. The minimum absolute atomic E-state index is 0.0264. The number of hydrogen-bond acceptors (Lipinski definition) is 6. The fraction of sp³-hybridized carbons (Fsp3) is 0.417. The Hall–Kier alpha value is -2.16. The lowest BCUT2D eigenvalue weighted by atomic mass is 10.1. The van der Waals surface area contributed by atoms with Crippen molar-refractivity contribution in [2.24, 2.45) is 0 Å². The number of nitrogens with one attached hydrogen (secondary N) is 1. The molecule has 1 aliphatic heterocycles. The molecule has 0 radical (unpaired) electrons. The van der Waals surface area contributed by atoms with Gasteiger partial charge in [-0.1, -0.05) is 0 Å². The molecule has 1 amide bonds. The van der Waals surface area contributed by atoms with E-state index in [1.807, 2.05) is 0 Å². The zero-order valence-corrected chi connectivity index (χ0v) is 12.2. The number of amides is 1. The van der Waals surface area contributed by atoms with Gasteiger partial charge in [0.05, 0.1) is 16.4 Å². The van der Waals surface area contributed by atoms with E-state index in [9.17, 15) is 23.3 Å². The smallest absolute Gasteiger partial charge is 0.293 e. The molecule has 2 rings (SSSR count). The number of anilines is 1. The Balaban J connectivity index is 2.35. The highest BCUT2D eigenvalue weighted by molar-refractivity contribution is 7.91. The molecular formula is C12H15N3O5S. The van der Waals surface area contributed by atoms with Gasteiger partial charge in [0, 0.05) is 31.8 Å². The fourth-order valence-corrected chi connectivity index (χ4v) is 3.38. The highest BCUT2D eigenvalue weighted by atomic mass is 32.2. The van der Waals surface area contributed by atoms with E-state index in [0.717, 1.165) is 0 Å². The van der Waals surface area contributed by atoms with Crippen molar-refractivity contribution in [2.45, 2.75) is 0 Å². The van der Waals surface area contributed by atoms with E-state index < -0.39 is 20.7 Å². The molecule has 0 atom stereocenters. The number of rotatable bonds is 3. The molecule has 0 unspecified atom stereocenters. The van der Waals surface area contributed by atoms with Crippen molar-refractivity contribution in [3.8, 4) is 0 Å². The summed E-state index contributed by atoms with van der Waals surface area (Å²) in [5.74, 6) is -0.464. The highest BCUT2D eigenvalue weighted by Crippen LogP contribution is 2.30. The SMILES string of the molecule is CNC(=O)c1ccc(N2CCS(=O)(=O)CC2)c([N+](=O)[O-])c1. The first kappa shape index (κ1) is 15.2. The molecule has 1 heterocycles. The van der Waals surface area contributed by atoms with Crippen molar-refractivity contribution < 1.29 is 18.1 Å². The van der Waals surface area contributed by atoms with Crippen LogP contribution in [-0.2, 0) is 9.84 Å². The number of nitro benzene ring substituents is 1. The van der Waals surface area contributed by atoms with Gasteiger partial charge in [0.1, 0.15) is 5.69 Å². The molecule has 1 fully saturated rings. The molecule has 1 aliphatic rings. The van der Waals surface area contributed by atoms with Crippen LogP contribution in [-0.4, -0.2) is 50.9 Å². The lowest BCUT2D eigenvalue weighted by molar-refractivity contribution is -0.384. The fourth-order valence-electron chi connectivity index (χ4n) is 2.18. The predicted molar refractivity (Wildman–Crippen MR) is 77.4 cm³/mol. The van der Waals surface area contributed by atoms with E-state index in [0.29, 0.717) is 5.69 Å². The highest BCUT2D eigenvalue weighted by Gasteiger charge is 2.27. The van der Waals surface area contributed by atoms with Gasteiger partial charge in [-0.15, -0.1) is 0 Å². The maximum atomic E-state index is 11.5. The van der Waals surface area contributed by atoms with E-state index in [-0.39, 0.29) is 35.8 Å². The molecule has 0 aromatic heterocycles. The van der Waals surface area contributed by atoms with Gasteiger partial charge in [0.15, 0.2) is 9.84 Å². The second kappa shape index (κ2) is 5.68. The first-order chi connectivity index (χ1) is 9.84. The quantitative estimate of drug-likeness (QED) is 0.630. The second-order valence-corrected chi connectivity index (χ2v) is 6.98. The Labute approximate surface area is 121 Å². The van der Waals surface area contributed by atoms with Gasteiger partial charge >= 0.3 is 0 Å². The van der Waals surface area contributed by atoms with Crippen LogP contribution in [0.25, 0.3) is 0 Å². The molecule has 21 heavy (non-hydrogen) atoms. The van der Waals surface area contributed by atoms with E-state index in [1.165, 1.54) is 25.2 Å². The summed E-state index contributed by atoms with van der Waals surface area (Å²) in [6.45, 7) is 0.422. The van der Waals surface area contributed by atoms with E-state index >= 15 is 0 Å². The van der Waals surface area contributed by atoms with E-state index in [4.69, 9.17) is 0 Å². The number of sulfone groups is 1. The standard InChI is InChI=1S/C12H15N3O5S/c1-13-12(16)9-2-3-10(11(8-9)15(17)18)14-4-6-21(19,20)7-5-14/h2-3,8H,4-7H2,1H3,(H,13,16). The van der Waals surface area contributed by atoms with Crippen LogP contribution in [0.15, 0.2) is 18.2 Å². The molecule has 114 valence electrons. The van der Waals surface area contributed by atoms with Crippen LogP contribution < -0.4 is 10.2 Å². The molecule has 8 nitrogen and oxygen atoms in total. The van der Waals surface area contributed by atoms with Crippen LogP contribution in [0.5, 0.6) is 0 Å². The van der Waals surface area contributed by atoms with Gasteiger partial charge < -0.3 is 10.2 Å². The zero-order chi connectivity index (χ0) is 15.6. The molecule has 1 saturated heterocycles. The monoisotopic (exact) mass is 313 g/mol. The minimum Gasteiger partial charge on any atom is -0.364 e. The third-order valence-electron chi connectivity index (χ3n) is 3.35. The van der Waals surface area contributed by atoms with E-state index in [2.05, 4.69) is 5.32 Å². The first-order valence-corrected chi connectivity index (χ1v) is 8.12. The van der Waals surface area contributed by atoms with Crippen molar-refractivity contribution in [1.29, 1.82) is 0 Å². The third-order valence-corrected chi connectivity index (χ3v) is 4.96. The number of nitrogens with zero attached hydrogens (tertiary/aromatic N) is 2. The summed E-state index contributed by atoms with van der Waals surface area (Å²) in [7, 11) is -1.62. The van der Waals surface area contributed by atoms with Crippen LogP contribution in [0, 0.1) is 10.1 Å². The Bertz CT molecular complexity index is 672. The maximum Gasteiger partial charge on any atom is 0.293 e. The summed E-state index contributed by atoms with van der Waals surface area (Å²) in [4.78, 5) is 23.8. The molecule has 1 aromatic rings. The largest absolute Gasteiger partial charge is 0.364 e. The average molecular weight is 313 g/mol. The van der Waals surface area contributed by atoms with Gasteiger partial charge in [-0.3, -0.25) is 14.9 Å². The van der Waals surface area contributed by atoms with Crippen molar-refractivity contribution >= 4 is 27.1 Å². The van der Waals surface area contributed by atoms with Crippen LogP contribution in [0.3, 0.4) is 0 Å². The summed E-state index contributed by atoms with van der Waals surface area (Å²) in [5.41, 5.74) is 0.329. The number of carbonyl (C=O) groups is 1. The molecular weight excluding hydrogens is 298 g/mol. The van der Waals surface area contributed by atoms with Gasteiger partial charge in [-0.05, 0) is 12.1 Å². The summed E-state index contributed by atoms with van der Waals surface area (Å²) in [6.07, 6.45) is 0. The molecule has 0 spiro atoms. The number of carbonyl (C=O) groups excluding carboxylic acids is 1. The average Bonchev–Trinajstić information content (AvgIpc) is 2.46. The zero-order valence-electron chi connectivity index (χ0n) is 11.4. The van der Waals surface area contributed by atoms with Crippen molar-refractivity contribution in [1.82, 2.24) is 5.32 Å². The normalized spacial score (nSPS) is 17.3. The van der Waals surface area contributed by atoms with Gasteiger partial charge in [-0.2, -0.15) is 0 Å². The van der Waals surface area contributed by atoms with Gasteiger partial charge in [0.25, 0.3) is 11.6 Å². The summed E-state index contributed by atoms with van der Waals surface area (Å²) in [5, 5.41) is 13.6. The second-order valence-electron chi connectivity index (χ2n) is 4.68. The maximum absolute atomic E-state index is 11.5. The Morgan fingerprint density at radius 1 is 1.33 bits per heavy atom. The lowest BCUT2D eigenvalue weighted by Crippen LogP contribution is -2.40. The third kappa shape index (κ3) is 3.30. The van der Waals surface area contributed by atoms with Crippen LogP contribution in [0.1, 0.15) is 10.4 Å². The minimum atomic E-state index is -3.06. The molecule has 1 aromatic carbocycles. The number of hydrogen-bond donors (Lipinski definition) is 1. The summed E-state index contributed by atoms with van der Waals surface area (Å²) < 4.78 is 22.8. The number of nitro groups is 1. The lowest BCUT2D eigenvalue weighted by Gasteiger charge is -2.28. The first-order valence-electron chi connectivity index (χ1n) is 6.30. The van der Waals surface area contributed by atoms with E-state index in [1.54, 1.807) is 4.90 Å². The molecule has 0 bridgehead atoms. The Morgan fingerprint density at radius 2 is 1.95 bits per heavy atom. The summed E-state index contributed by atoms with van der Waals surface area (Å²) >= 11 is 0. The Kier molecular flexibility index (Phi) is 4.12. The van der Waals surface area contributed by atoms with Crippen molar-refractivity contribution in [3.63, 3.8) is 0 Å². The molecule has 0 saturated carbocycles. The van der Waals surface area contributed by atoms with Gasteiger partial charge in [0.2, 0.25) is 0 Å². The summed E-state index contributed by atoms with van der Waals surface area (Å²) in [6, 6.07) is 4.18. The Morgan fingerprint density at radius 3 is 2.48 bits per heavy atom. The van der Waals surface area contributed by atoms with Crippen molar-refractivity contribution in [3.05, 3.63) is 33.9 Å². The van der Waals surface area contributed by atoms with Crippen LogP contribution >= 0.6 is 0 Å².